The van der Waals surface area contributed by atoms with Crippen molar-refractivity contribution in [3.63, 3.8) is 0 Å². The molecule has 3 heterocycles. The van der Waals surface area contributed by atoms with Gasteiger partial charge in [-0.3, -0.25) is 10.7 Å². The number of anilines is 1. The highest BCUT2D eigenvalue weighted by Crippen LogP contribution is 2.56. The number of nitrogens with one attached hydrogen (secondary N) is 2. The number of rotatable bonds is 3. The second-order valence-electron chi connectivity index (χ2n) is 6.95. The van der Waals surface area contributed by atoms with Crippen LogP contribution in [0.2, 0.25) is 0 Å². The van der Waals surface area contributed by atoms with E-state index in [4.69, 9.17) is 20.5 Å². The molecule has 0 spiro atoms. The molecule has 3 aliphatic rings. The van der Waals surface area contributed by atoms with Crippen LogP contribution in [0.25, 0.3) is 0 Å². The average Bonchev–Trinajstić information content (AvgIpc) is 3.18. The number of amidine groups is 1. The van der Waals surface area contributed by atoms with Crippen molar-refractivity contribution in [1.29, 1.82) is 0 Å². The minimum absolute atomic E-state index is 0.214. The zero-order chi connectivity index (χ0) is 17.6. The molecule has 7 nitrogen and oxygen atoms in total. The average molecular weight is 348 g/mol. The summed E-state index contributed by atoms with van der Waals surface area (Å²) < 4.78 is 5.52. The summed E-state index contributed by atoms with van der Waals surface area (Å²) in [5, 5.41) is 6.57. The monoisotopic (exact) mass is 348 g/mol. The Hall–Kier alpha value is -2.77. The molecule has 3 unspecified atom stereocenters. The minimum atomic E-state index is -0.981. The number of hydrogen-bond acceptors (Lipinski definition) is 7. The van der Waals surface area contributed by atoms with Crippen LogP contribution in [-0.4, -0.2) is 35.8 Å². The first-order valence-electron chi connectivity index (χ1n) is 8.79. The molecule has 26 heavy (non-hydrogen) atoms. The van der Waals surface area contributed by atoms with Crippen molar-refractivity contribution in [3.8, 4) is 0 Å². The molecule has 0 bridgehead atoms. The number of pyridine rings is 1. The van der Waals surface area contributed by atoms with Gasteiger partial charge in [0.15, 0.2) is 0 Å². The lowest BCUT2D eigenvalue weighted by Gasteiger charge is -2.30. The first-order chi connectivity index (χ1) is 12.7. The summed E-state index contributed by atoms with van der Waals surface area (Å²) in [5.41, 5.74) is 8.57. The van der Waals surface area contributed by atoms with Crippen LogP contribution in [0.4, 0.5) is 5.69 Å². The Kier molecular flexibility index (Phi) is 3.51. The fourth-order valence-corrected chi connectivity index (χ4v) is 3.93. The second-order valence-corrected chi connectivity index (χ2v) is 6.95. The fourth-order valence-electron chi connectivity index (χ4n) is 3.93. The quantitative estimate of drug-likeness (QED) is 0.779. The molecule has 4 N–H and O–H groups in total. The Labute approximate surface area is 151 Å². The first-order valence-corrected chi connectivity index (χ1v) is 8.79. The number of hydrogen-bond donors (Lipinski definition) is 3. The molecule has 1 saturated heterocycles. The summed E-state index contributed by atoms with van der Waals surface area (Å²) in [7, 11) is 0. The first kappa shape index (κ1) is 15.5. The normalized spacial score (nSPS) is 32.1. The molecule has 7 heteroatoms. The van der Waals surface area contributed by atoms with E-state index in [9.17, 15) is 0 Å². The van der Waals surface area contributed by atoms with Crippen LogP contribution in [-0.2, 0) is 4.74 Å². The second kappa shape index (κ2) is 5.89. The van der Waals surface area contributed by atoms with Gasteiger partial charge >= 0.3 is 0 Å². The van der Waals surface area contributed by atoms with Crippen molar-refractivity contribution >= 4 is 17.5 Å². The van der Waals surface area contributed by atoms with E-state index in [0.717, 1.165) is 30.3 Å². The minimum Gasteiger partial charge on any atom is -0.381 e. The molecule has 0 amide bonds. The maximum Gasteiger partial charge on any atom is 0.211 e. The molecular formula is C19H20N6O. The molecule has 0 radical (unpaired) electrons. The smallest absolute Gasteiger partial charge is 0.211 e. The summed E-state index contributed by atoms with van der Waals surface area (Å²) in [6.45, 7) is 1.50. The van der Waals surface area contributed by atoms with Gasteiger partial charge < -0.3 is 15.4 Å². The van der Waals surface area contributed by atoms with E-state index in [0.29, 0.717) is 17.8 Å². The SMILES string of the molecule is NC1(C2C3COCC32)N=C(Nc2ccncc2)NC(c2ccccc2)=N1. The van der Waals surface area contributed by atoms with Gasteiger partial charge in [0, 0.05) is 29.6 Å². The highest BCUT2D eigenvalue weighted by atomic mass is 16.5. The third-order valence-corrected chi connectivity index (χ3v) is 5.25. The van der Waals surface area contributed by atoms with E-state index >= 15 is 0 Å². The Morgan fingerprint density at radius 1 is 1.04 bits per heavy atom. The predicted molar refractivity (Wildman–Crippen MR) is 99.6 cm³/mol. The molecule has 1 saturated carbocycles. The topological polar surface area (TPSA) is 96.9 Å². The van der Waals surface area contributed by atoms with Crippen LogP contribution in [0.1, 0.15) is 5.56 Å². The van der Waals surface area contributed by atoms with Gasteiger partial charge in [-0.25, -0.2) is 9.98 Å². The predicted octanol–water partition coefficient (Wildman–Crippen LogP) is 1.40. The van der Waals surface area contributed by atoms with Crippen molar-refractivity contribution < 1.29 is 4.74 Å². The van der Waals surface area contributed by atoms with E-state index in [1.54, 1.807) is 12.4 Å². The van der Waals surface area contributed by atoms with E-state index in [1.807, 2.05) is 42.5 Å². The van der Waals surface area contributed by atoms with Gasteiger partial charge in [-0.1, -0.05) is 30.3 Å². The molecule has 2 aromatic rings. The maximum atomic E-state index is 6.70. The molecule has 2 fully saturated rings. The largest absolute Gasteiger partial charge is 0.381 e. The van der Waals surface area contributed by atoms with Gasteiger partial charge in [0.25, 0.3) is 0 Å². The molecule has 1 aromatic heterocycles. The third-order valence-electron chi connectivity index (χ3n) is 5.25. The van der Waals surface area contributed by atoms with Crippen LogP contribution < -0.4 is 16.4 Å². The van der Waals surface area contributed by atoms with Crippen LogP contribution in [0, 0.1) is 17.8 Å². The Morgan fingerprint density at radius 3 is 2.50 bits per heavy atom. The number of benzene rings is 1. The van der Waals surface area contributed by atoms with Crippen molar-refractivity contribution in [1.82, 2.24) is 10.3 Å². The lowest BCUT2D eigenvalue weighted by atomic mass is 10.1. The van der Waals surface area contributed by atoms with Gasteiger partial charge in [-0.15, -0.1) is 0 Å². The number of ether oxygens (including phenoxy) is 1. The van der Waals surface area contributed by atoms with Crippen LogP contribution in [0.15, 0.2) is 64.8 Å². The summed E-state index contributed by atoms with van der Waals surface area (Å²) >= 11 is 0. The summed E-state index contributed by atoms with van der Waals surface area (Å²) in [4.78, 5) is 13.6. The summed E-state index contributed by atoms with van der Waals surface area (Å²) in [5.74, 6) is 1.45. The van der Waals surface area contributed by atoms with Crippen molar-refractivity contribution in [2.75, 3.05) is 18.5 Å². The van der Waals surface area contributed by atoms with Gasteiger partial charge in [-0.05, 0) is 24.0 Å². The zero-order valence-electron chi connectivity index (χ0n) is 14.2. The molecule has 2 aliphatic heterocycles. The van der Waals surface area contributed by atoms with Crippen molar-refractivity contribution in [2.24, 2.45) is 33.5 Å². The molecule has 5 rings (SSSR count). The third kappa shape index (κ3) is 2.65. The van der Waals surface area contributed by atoms with Crippen LogP contribution >= 0.6 is 0 Å². The van der Waals surface area contributed by atoms with Gasteiger partial charge in [-0.2, -0.15) is 0 Å². The fraction of sp³-hybridized carbons (Fsp3) is 0.316. The number of nitrogens with two attached hydrogens (primary N) is 1. The summed E-state index contributed by atoms with van der Waals surface area (Å²) in [6, 6.07) is 13.7. The van der Waals surface area contributed by atoms with Crippen LogP contribution in [0.3, 0.4) is 0 Å². The van der Waals surface area contributed by atoms with Crippen LogP contribution in [0.5, 0.6) is 0 Å². The number of guanidine groups is 1. The molecule has 1 aromatic carbocycles. The van der Waals surface area contributed by atoms with Crippen molar-refractivity contribution in [3.05, 3.63) is 60.4 Å². The highest BCUT2D eigenvalue weighted by Gasteiger charge is 2.63. The summed E-state index contributed by atoms with van der Waals surface area (Å²) in [6.07, 6.45) is 3.46. The van der Waals surface area contributed by atoms with E-state index in [2.05, 4.69) is 15.6 Å². The maximum absolute atomic E-state index is 6.70. The number of fused-ring (bicyclic) bond motifs is 1. The van der Waals surface area contributed by atoms with Crippen molar-refractivity contribution in [2.45, 2.75) is 5.79 Å². The van der Waals surface area contributed by atoms with Gasteiger partial charge in [0.05, 0.1) is 13.2 Å². The zero-order valence-corrected chi connectivity index (χ0v) is 14.2. The Bertz CT molecular complexity index is 858. The van der Waals surface area contributed by atoms with Gasteiger partial charge in [0.2, 0.25) is 11.7 Å². The Morgan fingerprint density at radius 2 is 1.77 bits per heavy atom. The van der Waals surface area contributed by atoms with E-state index in [1.165, 1.54) is 0 Å². The molecule has 1 aliphatic carbocycles. The number of nitrogens with zero attached hydrogens (tertiary/aromatic N) is 3. The molecule has 132 valence electrons. The number of aromatic nitrogens is 1. The number of aliphatic imine (C=N–C) groups is 2. The molecular weight excluding hydrogens is 328 g/mol. The molecule has 3 atom stereocenters. The standard InChI is InChI=1S/C19H20N6O/c20-19(16-14-10-26-11-15(14)16)24-17(12-4-2-1-3-5-12)23-18(25-19)22-13-6-8-21-9-7-13/h1-9,14-16H,10-11,20H2,(H2,21,22,23,24,25). The van der Waals surface area contributed by atoms with E-state index in [-0.39, 0.29) is 5.92 Å². The van der Waals surface area contributed by atoms with Gasteiger partial charge in [0.1, 0.15) is 5.84 Å². The lowest BCUT2D eigenvalue weighted by molar-refractivity contribution is 0.134. The Balaban J connectivity index is 1.49. The lowest BCUT2D eigenvalue weighted by Crippen LogP contribution is -2.52. The van der Waals surface area contributed by atoms with E-state index < -0.39 is 5.79 Å². The highest BCUT2D eigenvalue weighted by molar-refractivity contribution is 6.13.